The van der Waals surface area contributed by atoms with Crippen LogP contribution in [0.3, 0.4) is 0 Å². The van der Waals surface area contributed by atoms with E-state index in [2.05, 4.69) is 292 Å². The first kappa shape index (κ1) is 49.6. The van der Waals surface area contributed by atoms with Crippen molar-refractivity contribution in [3.05, 3.63) is 288 Å². The molecule has 2 heteroatoms. The van der Waals surface area contributed by atoms with Gasteiger partial charge < -0.3 is 9.13 Å². The fraction of sp³-hybridized carbons (Fsp3) is 0.143. The lowest BCUT2D eigenvalue weighted by Gasteiger charge is -2.36. The molecule has 0 N–H and O–H groups in total. The molecule has 0 unspecified atom stereocenters. The summed E-state index contributed by atoms with van der Waals surface area (Å²) in [4.78, 5) is 0. The van der Waals surface area contributed by atoms with Crippen LogP contribution >= 0.6 is 0 Å². The van der Waals surface area contributed by atoms with E-state index in [4.69, 9.17) is 0 Å². The first-order valence-corrected chi connectivity index (χ1v) is 31.2. The first-order chi connectivity index (χ1) is 42.1. The molecule has 1 fully saturated rings. The Bertz CT molecular complexity index is 4860. The van der Waals surface area contributed by atoms with E-state index in [1.165, 1.54) is 198 Å². The lowest BCUT2D eigenvalue weighted by atomic mass is 9.67. The lowest BCUT2D eigenvalue weighted by molar-refractivity contribution is 0.353. The van der Waals surface area contributed by atoms with Crippen molar-refractivity contribution in [3.63, 3.8) is 0 Å². The van der Waals surface area contributed by atoms with Gasteiger partial charge in [-0.15, -0.1) is 0 Å². The second kappa shape index (κ2) is 18.1. The number of benzene rings is 12. The van der Waals surface area contributed by atoms with Gasteiger partial charge in [0.15, 0.2) is 0 Å². The summed E-state index contributed by atoms with van der Waals surface area (Å²) >= 11 is 0. The predicted octanol–water partition coefficient (Wildman–Crippen LogP) is 22.4. The van der Waals surface area contributed by atoms with Gasteiger partial charge in [-0.1, -0.05) is 229 Å². The summed E-state index contributed by atoms with van der Waals surface area (Å²) < 4.78 is 4.94. The van der Waals surface area contributed by atoms with Gasteiger partial charge in [0.05, 0.1) is 22.1 Å². The third-order valence-electron chi connectivity index (χ3n) is 21.2. The molecule has 1 spiro atoms. The van der Waals surface area contributed by atoms with Crippen molar-refractivity contribution in [2.75, 3.05) is 0 Å². The van der Waals surface area contributed by atoms with Crippen LogP contribution in [0.2, 0.25) is 0 Å². The topological polar surface area (TPSA) is 9.86 Å². The molecule has 0 bridgehead atoms. The molecule has 410 valence electrons. The Morgan fingerprint density at radius 1 is 0.244 bits per heavy atom. The van der Waals surface area contributed by atoms with Gasteiger partial charge >= 0.3 is 0 Å². The molecule has 12 aromatic carbocycles. The van der Waals surface area contributed by atoms with Gasteiger partial charge in [-0.05, 0) is 197 Å². The van der Waals surface area contributed by atoms with Crippen molar-refractivity contribution in [3.8, 4) is 89.3 Å². The monoisotopic (exact) mass is 1100 g/mol. The largest absolute Gasteiger partial charge is 0.309 e. The zero-order chi connectivity index (χ0) is 57.2. The van der Waals surface area contributed by atoms with Crippen LogP contribution in [0.5, 0.6) is 0 Å². The number of aromatic nitrogens is 2. The third kappa shape index (κ3) is 7.02. The van der Waals surface area contributed by atoms with Crippen LogP contribution in [0, 0.1) is 0 Å². The zero-order valence-electron chi connectivity index (χ0n) is 49.2. The molecule has 0 saturated heterocycles. The maximum atomic E-state index is 2.56. The molecule has 1 saturated carbocycles. The minimum Gasteiger partial charge on any atom is -0.309 e. The highest BCUT2D eigenvalue weighted by Gasteiger charge is 2.44. The number of rotatable bonds is 6. The second-order valence-electron chi connectivity index (χ2n) is 26.3. The standard InChI is InChI=1S/C84H64N2/c1-82(2)72-20-10-6-16-62(72)64-40-36-60(50-74(64)82)85-78-22-12-8-18-68(78)70-46-56(34-42-80(70)85)52-24-28-54(29-25-52)58-32-38-66-67-39-33-59(49-77(67)84(76(66)48-58)44-14-5-15-45-84)55-30-26-53(27-31-55)57-35-43-81-71(47-57)69-19-9-13-23-79(69)86(81)61-37-41-65-63-17-7-11-21-73(63)83(3,4)75(65)51-61/h6-13,16-43,46-51H,5,14-15,44-45H2,1-4H3. The van der Waals surface area contributed by atoms with E-state index in [1.807, 2.05) is 0 Å². The highest BCUT2D eigenvalue weighted by atomic mass is 15.0. The molecule has 86 heavy (non-hydrogen) atoms. The molecular formula is C84H64N2. The van der Waals surface area contributed by atoms with Gasteiger partial charge in [-0.2, -0.15) is 0 Å². The Kier molecular flexibility index (Phi) is 10.5. The molecular weight excluding hydrogens is 1040 g/mol. The quantitative estimate of drug-likeness (QED) is 0.157. The van der Waals surface area contributed by atoms with Crippen LogP contribution in [0.25, 0.3) is 133 Å². The molecule has 14 aromatic rings. The SMILES string of the molecule is CC1(C)c2ccccc2-c2ccc(-n3c4ccccc4c4cc(-c5ccc(-c6ccc7c(c6)C6(CCCCC6)c6cc(-c8ccc(-c9ccc%10c(c9)c9ccccc9n%10-c9ccc%10c(c9)C(C)(C)c9ccccc9-%10)cc8)ccc6-7)cc5)ccc43)cc21. The van der Waals surface area contributed by atoms with E-state index in [0.717, 1.165) is 0 Å². The summed E-state index contributed by atoms with van der Waals surface area (Å²) in [7, 11) is 0. The molecule has 0 amide bonds. The van der Waals surface area contributed by atoms with Crippen LogP contribution in [0.4, 0.5) is 0 Å². The van der Waals surface area contributed by atoms with Gasteiger partial charge in [-0.3, -0.25) is 0 Å². The Hall–Kier alpha value is -9.76. The Morgan fingerprint density at radius 3 is 1.01 bits per heavy atom. The van der Waals surface area contributed by atoms with Gasteiger partial charge in [0.1, 0.15) is 0 Å². The minimum atomic E-state index is -0.0646. The van der Waals surface area contributed by atoms with E-state index in [-0.39, 0.29) is 16.2 Å². The van der Waals surface area contributed by atoms with Crippen molar-refractivity contribution in [2.24, 2.45) is 0 Å². The molecule has 0 atom stereocenters. The van der Waals surface area contributed by atoms with E-state index in [9.17, 15) is 0 Å². The molecule has 18 rings (SSSR count). The van der Waals surface area contributed by atoms with Crippen molar-refractivity contribution in [2.45, 2.75) is 76.0 Å². The summed E-state index contributed by atoms with van der Waals surface area (Å²) in [5.74, 6) is 0. The molecule has 0 radical (unpaired) electrons. The molecule has 4 aliphatic carbocycles. The van der Waals surface area contributed by atoms with Gasteiger partial charge in [0.2, 0.25) is 0 Å². The van der Waals surface area contributed by atoms with Crippen LogP contribution < -0.4 is 0 Å². The van der Waals surface area contributed by atoms with Crippen molar-refractivity contribution in [1.29, 1.82) is 0 Å². The molecule has 2 aromatic heterocycles. The predicted molar refractivity (Wildman–Crippen MR) is 361 cm³/mol. The van der Waals surface area contributed by atoms with Crippen molar-refractivity contribution in [1.82, 2.24) is 9.13 Å². The number of fused-ring (bicyclic) bond motifs is 17. The summed E-state index contributed by atoms with van der Waals surface area (Å²) in [5.41, 5.74) is 34.1. The van der Waals surface area contributed by atoms with Crippen LogP contribution in [0.15, 0.2) is 255 Å². The maximum absolute atomic E-state index is 2.56. The fourth-order valence-corrected chi connectivity index (χ4v) is 16.8. The molecule has 0 aliphatic heterocycles. The maximum Gasteiger partial charge on any atom is 0.0541 e. The summed E-state index contributed by atoms with van der Waals surface area (Å²) in [6.45, 7) is 9.48. The third-order valence-corrected chi connectivity index (χ3v) is 21.2. The van der Waals surface area contributed by atoms with E-state index < -0.39 is 0 Å². The van der Waals surface area contributed by atoms with Crippen molar-refractivity contribution >= 4 is 43.6 Å². The zero-order valence-corrected chi connectivity index (χ0v) is 49.2. The van der Waals surface area contributed by atoms with E-state index in [1.54, 1.807) is 0 Å². The smallest absolute Gasteiger partial charge is 0.0541 e. The van der Waals surface area contributed by atoms with Crippen LogP contribution in [-0.4, -0.2) is 9.13 Å². The molecule has 2 heterocycles. The number of para-hydroxylation sites is 2. The Balaban J connectivity index is 0.636. The molecule has 2 nitrogen and oxygen atoms in total. The first-order valence-electron chi connectivity index (χ1n) is 31.2. The summed E-state index contributed by atoms with van der Waals surface area (Å²) in [6, 6.07) is 97.4. The van der Waals surface area contributed by atoms with Crippen LogP contribution in [0.1, 0.15) is 93.2 Å². The lowest BCUT2D eigenvalue weighted by Crippen LogP contribution is -2.28. The number of nitrogens with zero attached hydrogens (tertiary/aromatic N) is 2. The average Bonchev–Trinajstić information content (AvgIpc) is 2.21. The highest BCUT2D eigenvalue weighted by molar-refractivity contribution is 6.12. The Labute approximate surface area is 503 Å². The van der Waals surface area contributed by atoms with Gasteiger partial charge in [0.25, 0.3) is 0 Å². The highest BCUT2D eigenvalue weighted by Crippen LogP contribution is 2.58. The summed E-state index contributed by atoms with van der Waals surface area (Å²) in [5, 5.41) is 5.10. The number of hydrogen-bond acceptors (Lipinski definition) is 0. The second-order valence-corrected chi connectivity index (χ2v) is 26.3. The van der Waals surface area contributed by atoms with E-state index >= 15 is 0 Å². The van der Waals surface area contributed by atoms with E-state index in [0.29, 0.717) is 0 Å². The minimum absolute atomic E-state index is 0.0139. The average molecular weight is 1100 g/mol. The van der Waals surface area contributed by atoms with Gasteiger partial charge in [0, 0.05) is 49.2 Å². The van der Waals surface area contributed by atoms with Gasteiger partial charge in [-0.25, -0.2) is 0 Å². The summed E-state index contributed by atoms with van der Waals surface area (Å²) in [6.07, 6.45) is 6.18. The molecule has 4 aliphatic rings. The number of hydrogen-bond donors (Lipinski definition) is 0. The van der Waals surface area contributed by atoms with Crippen molar-refractivity contribution < 1.29 is 0 Å². The Morgan fingerprint density at radius 2 is 0.570 bits per heavy atom. The van der Waals surface area contributed by atoms with Crippen LogP contribution in [-0.2, 0) is 16.2 Å². The fourth-order valence-electron chi connectivity index (χ4n) is 16.8. The normalized spacial score (nSPS) is 15.5.